The summed E-state index contributed by atoms with van der Waals surface area (Å²) in [4.78, 5) is 4.73. The van der Waals surface area contributed by atoms with Gasteiger partial charge in [0.15, 0.2) is 0 Å². The van der Waals surface area contributed by atoms with Gasteiger partial charge >= 0.3 is 0 Å². The van der Waals surface area contributed by atoms with Crippen molar-refractivity contribution in [3.8, 4) is 11.3 Å². The molecule has 1 heterocycles. The van der Waals surface area contributed by atoms with Gasteiger partial charge in [0.2, 0.25) is 0 Å². The lowest BCUT2D eigenvalue weighted by molar-refractivity contribution is 0.623. The van der Waals surface area contributed by atoms with Crippen LogP contribution in [0.2, 0.25) is 5.15 Å². The van der Waals surface area contributed by atoms with E-state index in [0.717, 1.165) is 51.8 Å². The Morgan fingerprint density at radius 3 is 2.68 bits per heavy atom. The quantitative estimate of drug-likeness (QED) is 0.588. The van der Waals surface area contributed by atoms with Crippen molar-refractivity contribution in [2.75, 3.05) is 6.54 Å². The summed E-state index contributed by atoms with van der Waals surface area (Å²) in [6.45, 7) is 8.81. The number of hydrogen-bond donors (Lipinski definition) is 2. The third kappa shape index (κ3) is 4.64. The number of rotatable bonds is 7. The van der Waals surface area contributed by atoms with Gasteiger partial charge in [0.25, 0.3) is 0 Å². The highest BCUT2D eigenvalue weighted by Gasteiger charge is 2.22. The van der Waals surface area contributed by atoms with Crippen LogP contribution in [0.1, 0.15) is 57.6 Å². The highest BCUT2D eigenvalue weighted by Crippen LogP contribution is 2.35. The van der Waals surface area contributed by atoms with E-state index in [2.05, 4.69) is 10.2 Å². The van der Waals surface area contributed by atoms with Crippen molar-refractivity contribution in [3.05, 3.63) is 51.6 Å². The second kappa shape index (κ2) is 8.48. The fraction of sp³-hybridized carbons (Fsp3) is 0.455. The van der Waals surface area contributed by atoms with Gasteiger partial charge in [-0.1, -0.05) is 25.4 Å². The van der Waals surface area contributed by atoms with E-state index in [4.69, 9.17) is 22.3 Å². The van der Waals surface area contributed by atoms with E-state index in [1.54, 1.807) is 12.1 Å². The molecule has 1 aliphatic rings. The molecule has 4 nitrogen and oxygen atoms in total. The number of halogens is 2. The van der Waals surface area contributed by atoms with Gasteiger partial charge in [-0.3, -0.25) is 10.1 Å². The van der Waals surface area contributed by atoms with Crippen LogP contribution in [0.15, 0.2) is 34.5 Å². The summed E-state index contributed by atoms with van der Waals surface area (Å²) in [5.74, 6) is 0.620. The first-order chi connectivity index (χ1) is 13.3. The van der Waals surface area contributed by atoms with Crippen LogP contribution >= 0.6 is 11.6 Å². The molecular formula is C22H28ClFN4. The molecule has 0 radical (unpaired) electrons. The first-order valence-electron chi connectivity index (χ1n) is 9.77. The summed E-state index contributed by atoms with van der Waals surface area (Å²) in [6, 6.07) is 4.80. The van der Waals surface area contributed by atoms with Crippen molar-refractivity contribution in [1.29, 1.82) is 0 Å². The van der Waals surface area contributed by atoms with Crippen molar-refractivity contribution in [1.82, 2.24) is 10.2 Å². The zero-order valence-electron chi connectivity index (χ0n) is 16.9. The van der Waals surface area contributed by atoms with Crippen LogP contribution < -0.4 is 5.73 Å². The predicted octanol–water partition coefficient (Wildman–Crippen LogP) is 5.64. The molecule has 3 rings (SSSR count). The zero-order valence-corrected chi connectivity index (χ0v) is 17.7. The fourth-order valence-electron chi connectivity index (χ4n) is 3.35. The van der Waals surface area contributed by atoms with E-state index in [9.17, 15) is 4.39 Å². The standard InChI is InChI=1S/C22H28ClFN4/c1-12(2)18-9-16(24)7-8-17(18)21-20(22(23)28-27-21)10-19(13(3)25)14(4)26-11-15-5-6-15/h7-9,12,15H,5-6,10-11,25H2,1-4H3,(H,27,28). The third-order valence-electron chi connectivity index (χ3n) is 5.26. The molecular weight excluding hydrogens is 375 g/mol. The monoisotopic (exact) mass is 402 g/mol. The molecule has 1 aromatic carbocycles. The summed E-state index contributed by atoms with van der Waals surface area (Å²) < 4.78 is 13.8. The Balaban J connectivity index is 1.99. The van der Waals surface area contributed by atoms with Crippen molar-refractivity contribution in [2.45, 2.75) is 52.9 Å². The molecule has 0 unspecified atom stereocenters. The van der Waals surface area contributed by atoms with Gasteiger partial charge < -0.3 is 5.73 Å². The Morgan fingerprint density at radius 2 is 2.07 bits per heavy atom. The zero-order chi connectivity index (χ0) is 20.4. The second-order valence-corrected chi connectivity index (χ2v) is 8.34. The predicted molar refractivity (Wildman–Crippen MR) is 114 cm³/mol. The lowest BCUT2D eigenvalue weighted by Crippen LogP contribution is -2.11. The molecule has 0 atom stereocenters. The summed E-state index contributed by atoms with van der Waals surface area (Å²) in [7, 11) is 0. The maximum absolute atomic E-state index is 13.8. The van der Waals surface area contributed by atoms with Crippen LogP contribution in [0.4, 0.5) is 4.39 Å². The Hall–Kier alpha value is -2.14. The third-order valence-corrected chi connectivity index (χ3v) is 5.57. The van der Waals surface area contributed by atoms with E-state index < -0.39 is 0 Å². The van der Waals surface area contributed by atoms with Gasteiger partial charge in [-0.2, -0.15) is 5.10 Å². The summed E-state index contributed by atoms with van der Waals surface area (Å²) in [5.41, 5.74) is 12.2. The van der Waals surface area contributed by atoms with Crippen molar-refractivity contribution in [3.63, 3.8) is 0 Å². The minimum Gasteiger partial charge on any atom is -0.402 e. The maximum Gasteiger partial charge on any atom is 0.128 e. The molecule has 0 saturated heterocycles. The van der Waals surface area contributed by atoms with Crippen LogP contribution in [0, 0.1) is 11.7 Å². The summed E-state index contributed by atoms with van der Waals surface area (Å²) in [5, 5.41) is 7.79. The molecule has 0 spiro atoms. The van der Waals surface area contributed by atoms with E-state index in [1.807, 2.05) is 27.7 Å². The molecule has 3 N–H and O–H groups in total. The van der Waals surface area contributed by atoms with E-state index >= 15 is 0 Å². The number of aromatic nitrogens is 2. The Bertz CT molecular complexity index is 919. The molecule has 0 bridgehead atoms. The average Bonchev–Trinajstić information content (AvgIpc) is 3.40. The maximum atomic E-state index is 13.8. The highest BCUT2D eigenvalue weighted by atomic mass is 35.5. The second-order valence-electron chi connectivity index (χ2n) is 7.96. The number of aromatic amines is 1. The highest BCUT2D eigenvalue weighted by molar-refractivity contribution is 6.30. The SMILES string of the molecule is CC(=NCC1CC1)C(Cc1c(-c2ccc(F)cc2C(C)C)n[nH]c1Cl)=C(C)N. The van der Waals surface area contributed by atoms with Crippen molar-refractivity contribution >= 4 is 17.3 Å². The number of nitrogens with zero attached hydrogens (tertiary/aromatic N) is 2. The van der Waals surface area contributed by atoms with Gasteiger partial charge in [0, 0.05) is 35.5 Å². The molecule has 150 valence electrons. The molecule has 1 fully saturated rings. The van der Waals surface area contributed by atoms with E-state index in [0.29, 0.717) is 11.6 Å². The minimum absolute atomic E-state index is 0.155. The number of nitrogens with two attached hydrogens (primary N) is 1. The lowest BCUT2D eigenvalue weighted by Gasteiger charge is -2.14. The number of allylic oxidation sites excluding steroid dienone is 2. The smallest absolute Gasteiger partial charge is 0.128 e. The summed E-state index contributed by atoms with van der Waals surface area (Å²) >= 11 is 6.45. The van der Waals surface area contributed by atoms with Gasteiger partial charge in [-0.25, -0.2) is 4.39 Å². The Kier molecular flexibility index (Phi) is 6.23. The van der Waals surface area contributed by atoms with Gasteiger partial charge in [0.1, 0.15) is 11.0 Å². The van der Waals surface area contributed by atoms with Crippen molar-refractivity contribution in [2.24, 2.45) is 16.6 Å². The molecule has 0 aliphatic heterocycles. The normalized spacial score (nSPS) is 15.9. The number of hydrogen-bond acceptors (Lipinski definition) is 3. The molecule has 1 aromatic heterocycles. The van der Waals surface area contributed by atoms with Crippen LogP contribution in [0.3, 0.4) is 0 Å². The van der Waals surface area contributed by atoms with Crippen molar-refractivity contribution < 1.29 is 4.39 Å². The molecule has 28 heavy (non-hydrogen) atoms. The largest absolute Gasteiger partial charge is 0.402 e. The average molecular weight is 403 g/mol. The number of aliphatic imine (C=N–C) groups is 1. The van der Waals surface area contributed by atoms with E-state index in [1.165, 1.54) is 18.9 Å². The van der Waals surface area contributed by atoms with Gasteiger partial charge in [0.05, 0.1) is 5.69 Å². The molecule has 0 amide bonds. The Morgan fingerprint density at radius 1 is 1.36 bits per heavy atom. The van der Waals surface area contributed by atoms with Crippen LogP contribution in [0.25, 0.3) is 11.3 Å². The molecule has 6 heteroatoms. The fourth-order valence-corrected chi connectivity index (χ4v) is 3.54. The molecule has 2 aromatic rings. The van der Waals surface area contributed by atoms with Crippen LogP contribution in [0.5, 0.6) is 0 Å². The molecule has 1 saturated carbocycles. The topological polar surface area (TPSA) is 67.1 Å². The number of benzene rings is 1. The minimum atomic E-state index is -0.253. The van der Waals surface area contributed by atoms with Crippen LogP contribution in [-0.2, 0) is 6.42 Å². The lowest BCUT2D eigenvalue weighted by atomic mass is 9.91. The first kappa shape index (κ1) is 20.6. The Labute approximate surface area is 171 Å². The van der Waals surface area contributed by atoms with E-state index in [-0.39, 0.29) is 11.7 Å². The number of H-pyrrole nitrogens is 1. The van der Waals surface area contributed by atoms with Crippen LogP contribution in [-0.4, -0.2) is 22.5 Å². The first-order valence-corrected chi connectivity index (χ1v) is 10.1. The van der Waals surface area contributed by atoms with Gasteiger partial charge in [-0.05, 0) is 67.9 Å². The summed E-state index contributed by atoms with van der Waals surface area (Å²) in [6.07, 6.45) is 3.05. The molecule has 1 aliphatic carbocycles. The number of nitrogens with one attached hydrogen (secondary N) is 1. The van der Waals surface area contributed by atoms with Gasteiger partial charge in [-0.15, -0.1) is 0 Å².